The normalized spacial score (nSPS) is 11.6. The Morgan fingerprint density at radius 1 is 0.796 bits per heavy atom. The second-order valence-electron chi connectivity index (χ2n) is 11.0. The monoisotopic (exact) mass is 682 g/mol. The summed E-state index contributed by atoms with van der Waals surface area (Å²) in [5, 5.41) is 2.97. The first-order valence-corrected chi connectivity index (χ1v) is 16.8. The van der Waals surface area contributed by atoms with E-state index in [2.05, 4.69) is 15.0 Å². The SMILES string of the molecule is COc1ccc(CN(C(=O)COc2ccc(S(=O)(=O)Nc3ccc(F)cc3)cc2)[C@H](Cc2ccccc2)C(=O)NCc2ccncc2)cc1. The third-order valence-corrected chi connectivity index (χ3v) is 8.99. The zero-order valence-corrected chi connectivity index (χ0v) is 27.5. The molecule has 0 spiro atoms. The van der Waals surface area contributed by atoms with Crippen LogP contribution in [0.4, 0.5) is 10.1 Å². The predicted octanol–water partition coefficient (Wildman–Crippen LogP) is 5.37. The number of ether oxygens (including phenoxy) is 2. The Balaban J connectivity index is 1.35. The van der Waals surface area contributed by atoms with E-state index in [9.17, 15) is 22.4 Å². The second kappa shape index (κ2) is 16.4. The molecule has 0 radical (unpaired) electrons. The van der Waals surface area contributed by atoms with Crippen molar-refractivity contribution in [3.8, 4) is 11.5 Å². The molecule has 1 heterocycles. The lowest BCUT2D eigenvalue weighted by Gasteiger charge is -2.31. The highest BCUT2D eigenvalue weighted by Gasteiger charge is 2.31. The number of hydrogen-bond acceptors (Lipinski definition) is 7. The van der Waals surface area contributed by atoms with E-state index in [1.165, 1.54) is 41.3 Å². The molecule has 0 bridgehead atoms. The maximum Gasteiger partial charge on any atom is 0.261 e. The summed E-state index contributed by atoms with van der Waals surface area (Å²) in [4.78, 5) is 33.3. The number of carbonyl (C=O) groups is 2. The van der Waals surface area contributed by atoms with Crippen molar-refractivity contribution >= 4 is 27.5 Å². The second-order valence-corrected chi connectivity index (χ2v) is 12.7. The third kappa shape index (κ3) is 9.88. The first-order valence-electron chi connectivity index (χ1n) is 15.3. The largest absolute Gasteiger partial charge is 0.497 e. The number of benzene rings is 4. The summed E-state index contributed by atoms with van der Waals surface area (Å²) in [6, 6.07) is 29.8. The van der Waals surface area contributed by atoms with Gasteiger partial charge in [-0.05, 0) is 89.5 Å². The number of halogens is 1. The summed E-state index contributed by atoms with van der Waals surface area (Å²) in [6.07, 6.45) is 3.53. The molecule has 0 fully saturated rings. The minimum atomic E-state index is -3.96. The molecule has 1 atom stereocenters. The number of rotatable bonds is 15. The molecule has 0 aliphatic rings. The zero-order valence-electron chi connectivity index (χ0n) is 26.7. The third-order valence-electron chi connectivity index (χ3n) is 7.59. The van der Waals surface area contributed by atoms with Crippen LogP contribution in [0.5, 0.6) is 11.5 Å². The molecule has 10 nitrogen and oxygen atoms in total. The fourth-order valence-corrected chi connectivity index (χ4v) is 6.02. The number of carbonyl (C=O) groups excluding carboxylic acids is 2. The van der Waals surface area contributed by atoms with Gasteiger partial charge in [0.15, 0.2) is 6.61 Å². The van der Waals surface area contributed by atoms with Crippen molar-refractivity contribution in [2.24, 2.45) is 0 Å². The van der Waals surface area contributed by atoms with E-state index in [4.69, 9.17) is 9.47 Å². The van der Waals surface area contributed by atoms with Crippen molar-refractivity contribution in [3.63, 3.8) is 0 Å². The number of amides is 2. The van der Waals surface area contributed by atoms with Crippen LogP contribution in [0, 0.1) is 5.82 Å². The van der Waals surface area contributed by atoms with Gasteiger partial charge in [0.25, 0.3) is 15.9 Å². The highest BCUT2D eigenvalue weighted by molar-refractivity contribution is 7.92. The van der Waals surface area contributed by atoms with Gasteiger partial charge in [0.05, 0.1) is 12.0 Å². The molecular weight excluding hydrogens is 647 g/mol. The minimum Gasteiger partial charge on any atom is -0.497 e. The number of methoxy groups -OCH3 is 1. The number of sulfonamides is 1. The summed E-state index contributed by atoms with van der Waals surface area (Å²) in [5.74, 6) is -0.380. The summed E-state index contributed by atoms with van der Waals surface area (Å²) < 4.78 is 52.4. The predicted molar refractivity (Wildman–Crippen MR) is 183 cm³/mol. The lowest BCUT2D eigenvalue weighted by atomic mass is 10.0. The molecule has 0 unspecified atom stereocenters. The Kier molecular flexibility index (Phi) is 11.6. The first kappa shape index (κ1) is 34.6. The summed E-state index contributed by atoms with van der Waals surface area (Å²) in [6.45, 7) is -0.0589. The van der Waals surface area contributed by atoms with Gasteiger partial charge in [-0.2, -0.15) is 0 Å². The van der Waals surface area contributed by atoms with Gasteiger partial charge in [-0.25, -0.2) is 12.8 Å². The van der Waals surface area contributed by atoms with Gasteiger partial charge in [-0.15, -0.1) is 0 Å². The van der Waals surface area contributed by atoms with E-state index in [0.29, 0.717) is 5.75 Å². The average Bonchev–Trinajstić information content (AvgIpc) is 3.13. The van der Waals surface area contributed by atoms with Crippen LogP contribution in [0.1, 0.15) is 16.7 Å². The number of nitrogens with one attached hydrogen (secondary N) is 2. The number of hydrogen-bond donors (Lipinski definition) is 2. The van der Waals surface area contributed by atoms with Gasteiger partial charge < -0.3 is 19.7 Å². The summed E-state index contributed by atoms with van der Waals surface area (Å²) >= 11 is 0. The minimum absolute atomic E-state index is 0.0505. The van der Waals surface area contributed by atoms with E-state index in [1.54, 1.807) is 43.8 Å². The van der Waals surface area contributed by atoms with Crippen molar-refractivity contribution in [2.75, 3.05) is 18.4 Å². The van der Waals surface area contributed by atoms with Crippen molar-refractivity contribution in [1.82, 2.24) is 15.2 Å². The Labute approximate surface area is 284 Å². The summed E-state index contributed by atoms with van der Waals surface area (Å²) in [7, 11) is -2.40. The lowest BCUT2D eigenvalue weighted by Crippen LogP contribution is -2.51. The van der Waals surface area contributed by atoms with Crippen LogP contribution < -0.4 is 19.5 Å². The molecule has 2 amide bonds. The molecule has 0 aliphatic heterocycles. The number of pyridine rings is 1. The van der Waals surface area contributed by atoms with Crippen molar-refractivity contribution in [2.45, 2.75) is 30.4 Å². The van der Waals surface area contributed by atoms with Crippen LogP contribution in [0.25, 0.3) is 0 Å². The quantitative estimate of drug-likeness (QED) is 0.152. The molecule has 252 valence electrons. The van der Waals surface area contributed by atoms with Crippen LogP contribution in [-0.4, -0.2) is 49.9 Å². The van der Waals surface area contributed by atoms with E-state index < -0.39 is 34.4 Å². The van der Waals surface area contributed by atoms with Crippen LogP contribution in [-0.2, 0) is 39.1 Å². The van der Waals surface area contributed by atoms with Gasteiger partial charge in [0.2, 0.25) is 5.91 Å². The smallest absolute Gasteiger partial charge is 0.261 e. The van der Waals surface area contributed by atoms with Gasteiger partial charge in [-0.1, -0.05) is 42.5 Å². The Bertz CT molecular complexity index is 1930. The van der Waals surface area contributed by atoms with Gasteiger partial charge in [0.1, 0.15) is 23.4 Å². The maximum atomic E-state index is 14.0. The molecular formula is C37H35FN4O6S. The van der Waals surface area contributed by atoms with Gasteiger partial charge >= 0.3 is 0 Å². The Hall–Kier alpha value is -5.75. The highest BCUT2D eigenvalue weighted by atomic mass is 32.2. The molecule has 5 aromatic rings. The van der Waals surface area contributed by atoms with Gasteiger partial charge in [0, 0.05) is 37.6 Å². The molecule has 2 N–H and O–H groups in total. The van der Waals surface area contributed by atoms with Crippen LogP contribution in [0.3, 0.4) is 0 Å². The maximum absolute atomic E-state index is 14.0. The van der Waals surface area contributed by atoms with Crippen molar-refractivity contribution < 1.29 is 31.9 Å². The molecule has 0 saturated carbocycles. The molecule has 4 aromatic carbocycles. The van der Waals surface area contributed by atoms with E-state index in [1.807, 2.05) is 42.5 Å². The molecule has 49 heavy (non-hydrogen) atoms. The molecule has 1 aromatic heterocycles. The van der Waals surface area contributed by atoms with Crippen molar-refractivity contribution in [1.29, 1.82) is 0 Å². The van der Waals surface area contributed by atoms with E-state index >= 15 is 0 Å². The van der Waals surface area contributed by atoms with Crippen LogP contribution in [0.2, 0.25) is 0 Å². The van der Waals surface area contributed by atoms with Crippen LogP contribution >= 0.6 is 0 Å². The Morgan fingerprint density at radius 3 is 2.10 bits per heavy atom. The van der Waals surface area contributed by atoms with E-state index in [-0.39, 0.29) is 41.7 Å². The molecule has 0 saturated heterocycles. The van der Waals surface area contributed by atoms with Crippen LogP contribution in [0.15, 0.2) is 133 Å². The highest BCUT2D eigenvalue weighted by Crippen LogP contribution is 2.21. The topological polar surface area (TPSA) is 127 Å². The fraction of sp³-hybridized carbons (Fsp3) is 0.162. The first-order chi connectivity index (χ1) is 23.7. The number of anilines is 1. The molecule has 0 aliphatic carbocycles. The van der Waals surface area contributed by atoms with Gasteiger partial charge in [-0.3, -0.25) is 19.3 Å². The Morgan fingerprint density at radius 2 is 1.45 bits per heavy atom. The summed E-state index contributed by atoms with van der Waals surface area (Å²) in [5.41, 5.74) is 2.71. The number of aromatic nitrogens is 1. The fourth-order valence-electron chi connectivity index (χ4n) is 4.96. The lowest BCUT2D eigenvalue weighted by molar-refractivity contribution is -0.142. The van der Waals surface area contributed by atoms with E-state index in [0.717, 1.165) is 28.8 Å². The standard InChI is InChI=1S/C37H35FN4O6S/c1-47-32-13-7-29(8-14-32)25-42(35(23-27-5-3-2-4-6-27)37(44)40-24-28-19-21-39-22-20-28)36(43)26-48-33-15-17-34(18-16-33)49(45,46)41-31-11-9-30(38)10-12-31/h2-22,35,41H,23-26H2,1H3,(H,40,44)/t35-/m1/s1. The zero-order chi connectivity index (χ0) is 34.6. The van der Waals surface area contributed by atoms with Crippen molar-refractivity contribution in [3.05, 3.63) is 150 Å². The number of nitrogens with zero attached hydrogens (tertiary/aromatic N) is 2. The molecule has 5 rings (SSSR count). The average molecular weight is 683 g/mol. The molecule has 12 heteroatoms.